The zero-order valence-corrected chi connectivity index (χ0v) is 43.3. The Morgan fingerprint density at radius 3 is 1.33 bits per heavy atom. The quantitative estimate of drug-likeness (QED) is 0.143. The Labute approximate surface area is 442 Å². The van der Waals surface area contributed by atoms with Crippen LogP contribution < -0.4 is 0 Å². The first-order chi connectivity index (χ1) is 37.1. The number of aryl methyl sites for hydroxylation is 6. The highest BCUT2D eigenvalue weighted by atomic mass is 15.0. The number of nitrogens with zero attached hydrogens (tertiary/aromatic N) is 6. The highest BCUT2D eigenvalue weighted by Crippen LogP contribution is 2.45. The fourth-order valence-electron chi connectivity index (χ4n) is 12.1. The molecule has 76 heavy (non-hydrogen) atoms. The van der Waals surface area contributed by atoms with Crippen molar-refractivity contribution < 1.29 is 0 Å². The van der Waals surface area contributed by atoms with Crippen molar-refractivity contribution in [3.05, 3.63) is 251 Å². The van der Waals surface area contributed by atoms with Gasteiger partial charge in [-0.15, -0.1) is 0 Å². The lowest BCUT2D eigenvalue weighted by Gasteiger charge is -2.19. The maximum atomic E-state index is 8.46. The molecule has 0 aliphatic rings. The van der Waals surface area contributed by atoms with Gasteiger partial charge in [-0.2, -0.15) is 0 Å². The van der Waals surface area contributed by atoms with Gasteiger partial charge in [0.1, 0.15) is 0 Å². The van der Waals surface area contributed by atoms with Gasteiger partial charge in [0.15, 0.2) is 23.2 Å². The molecule has 13 rings (SSSR count). The molecule has 362 valence electrons. The van der Waals surface area contributed by atoms with Crippen molar-refractivity contribution in [2.24, 2.45) is 0 Å². The van der Waals surface area contributed by atoms with Crippen molar-refractivity contribution >= 4 is 49.3 Å². The summed E-state index contributed by atoms with van der Waals surface area (Å²) in [4.78, 5) is 19.8. The molecule has 0 bridgehead atoms. The molecule has 0 atom stereocenters. The monoisotopic (exact) mass is 976 g/mol. The number of fused-ring (bicyclic) bond motifs is 6. The van der Waals surface area contributed by atoms with Gasteiger partial charge in [-0.05, 0) is 164 Å². The Morgan fingerprint density at radius 1 is 0.342 bits per heavy atom. The second-order valence-corrected chi connectivity index (χ2v) is 20.3. The summed E-state index contributed by atoms with van der Waals surface area (Å²) in [7, 11) is 0. The Morgan fingerprint density at radius 2 is 0.803 bits per heavy atom. The van der Waals surface area contributed by atoms with Gasteiger partial charge in [0.2, 0.25) is 0 Å². The van der Waals surface area contributed by atoms with Crippen LogP contribution in [0.15, 0.2) is 206 Å². The predicted molar refractivity (Wildman–Crippen MR) is 316 cm³/mol. The number of hydrogen-bond acceptors (Lipinski definition) is 3. The molecule has 0 amide bonds. The van der Waals surface area contributed by atoms with Crippen LogP contribution in [0.1, 0.15) is 33.4 Å². The van der Waals surface area contributed by atoms with E-state index in [1.165, 1.54) is 66.4 Å². The lowest BCUT2D eigenvalue weighted by atomic mass is 9.93. The number of rotatable bonds is 8. The van der Waals surface area contributed by atoms with Gasteiger partial charge in [0, 0.05) is 43.9 Å². The second-order valence-electron chi connectivity index (χ2n) is 20.3. The molecule has 0 saturated heterocycles. The molecule has 0 spiro atoms. The highest BCUT2D eigenvalue weighted by molar-refractivity contribution is 6.12. The third-order valence-corrected chi connectivity index (χ3v) is 15.1. The molecule has 3 heterocycles. The van der Waals surface area contributed by atoms with Crippen LogP contribution in [0.4, 0.5) is 5.69 Å². The lowest BCUT2D eigenvalue weighted by molar-refractivity contribution is 1.07. The summed E-state index contributed by atoms with van der Waals surface area (Å²) in [5, 5.41) is 4.64. The fraction of sp³-hybridized carbons (Fsp3) is 0.0857. The van der Waals surface area contributed by atoms with Crippen LogP contribution in [0.5, 0.6) is 0 Å². The summed E-state index contributed by atoms with van der Waals surface area (Å²) in [5.74, 6) is 1.67. The van der Waals surface area contributed by atoms with Gasteiger partial charge in [0.05, 0.1) is 34.3 Å². The van der Waals surface area contributed by atoms with Gasteiger partial charge >= 0.3 is 0 Å². The molecule has 0 aliphatic heterocycles. The zero-order chi connectivity index (χ0) is 51.8. The molecular formula is C70H52N6. The van der Waals surface area contributed by atoms with Crippen molar-refractivity contribution in [3.63, 3.8) is 0 Å². The van der Waals surface area contributed by atoms with Crippen LogP contribution in [0.25, 0.3) is 127 Å². The van der Waals surface area contributed by atoms with Crippen LogP contribution >= 0.6 is 0 Å². The molecular weight excluding hydrogens is 925 g/mol. The first kappa shape index (κ1) is 46.1. The summed E-state index contributed by atoms with van der Waals surface area (Å²) in [6, 6.07) is 73.2. The van der Waals surface area contributed by atoms with Crippen LogP contribution in [0.2, 0.25) is 0 Å². The number of benzene rings is 10. The van der Waals surface area contributed by atoms with Crippen molar-refractivity contribution in [3.8, 4) is 78.9 Å². The smallest absolute Gasteiger partial charge is 0.188 e. The Bertz CT molecular complexity index is 4430. The number of aromatic nitrogens is 5. The predicted octanol–water partition coefficient (Wildman–Crippen LogP) is 18.5. The average molecular weight is 977 g/mol. The summed E-state index contributed by atoms with van der Waals surface area (Å²) in [6.45, 7) is 21.6. The Hall–Kier alpha value is -9.70. The minimum Gasteiger partial charge on any atom is -0.309 e. The molecule has 6 nitrogen and oxygen atoms in total. The van der Waals surface area contributed by atoms with E-state index in [1.807, 2.05) is 72.8 Å². The Balaban J connectivity index is 1.10. The van der Waals surface area contributed by atoms with E-state index in [0.29, 0.717) is 23.2 Å². The highest BCUT2D eigenvalue weighted by Gasteiger charge is 2.24. The fourth-order valence-corrected chi connectivity index (χ4v) is 12.1. The van der Waals surface area contributed by atoms with E-state index >= 15 is 0 Å². The summed E-state index contributed by atoms with van der Waals surface area (Å²) >= 11 is 0. The SMILES string of the molecule is [C-]#[N+]c1ccc(-n2c3ccccc3c3cc(-c4c(C)cc(C)cc4C)ccc32)c(-c2cc(-n3c4ccccc4c4cc(-c5c(C)cc(C)cc5C)ccc43)ccc2-c2nc(-c3ccccc3)nc(-c3ccccc3)n2)c1. The van der Waals surface area contributed by atoms with Gasteiger partial charge in [0.25, 0.3) is 0 Å². The van der Waals surface area contributed by atoms with Gasteiger partial charge in [-0.25, -0.2) is 19.8 Å². The van der Waals surface area contributed by atoms with E-state index in [2.05, 4.69) is 189 Å². The van der Waals surface area contributed by atoms with E-state index in [-0.39, 0.29) is 0 Å². The molecule has 13 aromatic rings. The summed E-state index contributed by atoms with van der Waals surface area (Å²) in [6.07, 6.45) is 0. The zero-order valence-electron chi connectivity index (χ0n) is 43.3. The second kappa shape index (κ2) is 18.3. The molecule has 0 radical (unpaired) electrons. The summed E-state index contributed by atoms with van der Waals surface area (Å²) in [5.41, 5.74) is 23.6. The molecule has 0 aliphatic carbocycles. The van der Waals surface area contributed by atoms with Crippen LogP contribution in [0, 0.1) is 48.1 Å². The molecule has 6 heteroatoms. The molecule has 10 aromatic carbocycles. The van der Waals surface area contributed by atoms with E-state index in [1.54, 1.807) is 0 Å². The van der Waals surface area contributed by atoms with Crippen molar-refractivity contribution in [1.29, 1.82) is 0 Å². The van der Waals surface area contributed by atoms with Gasteiger partial charge in [-0.3, -0.25) is 0 Å². The first-order valence-electron chi connectivity index (χ1n) is 25.9. The molecule has 0 saturated carbocycles. The average Bonchev–Trinajstić information content (AvgIpc) is 4.07. The minimum atomic E-state index is 0.528. The Kier molecular flexibility index (Phi) is 11.1. The number of para-hydroxylation sites is 2. The van der Waals surface area contributed by atoms with Crippen molar-refractivity contribution in [2.45, 2.75) is 41.5 Å². The molecule has 0 unspecified atom stereocenters. The maximum Gasteiger partial charge on any atom is 0.188 e. The maximum absolute atomic E-state index is 8.46. The van der Waals surface area contributed by atoms with Crippen LogP contribution in [0.3, 0.4) is 0 Å². The van der Waals surface area contributed by atoms with Crippen molar-refractivity contribution in [2.75, 3.05) is 0 Å². The molecule has 3 aromatic heterocycles. The lowest BCUT2D eigenvalue weighted by Crippen LogP contribution is -2.03. The van der Waals surface area contributed by atoms with Crippen LogP contribution in [-0.2, 0) is 0 Å². The number of hydrogen-bond donors (Lipinski definition) is 0. The largest absolute Gasteiger partial charge is 0.309 e. The summed E-state index contributed by atoms with van der Waals surface area (Å²) < 4.78 is 4.75. The molecule has 0 N–H and O–H groups in total. The third kappa shape index (κ3) is 7.75. The van der Waals surface area contributed by atoms with E-state index in [9.17, 15) is 0 Å². The minimum absolute atomic E-state index is 0.528. The van der Waals surface area contributed by atoms with E-state index in [0.717, 1.165) is 72.0 Å². The van der Waals surface area contributed by atoms with Crippen molar-refractivity contribution in [1.82, 2.24) is 24.1 Å². The molecule has 0 fully saturated rings. The standard InChI is InChI=1S/C70H52N6/c1-42-34-44(3)66(45(4)35-42)50-26-31-63-58(38-50)54-22-14-16-24-61(54)75(63)53-29-30-56(70-73-68(48-18-10-8-11-19-48)72-69(74-70)49-20-12-9-13-21-49)57(41-53)60-40-52(71-7)28-33-65(60)76-62-25-17-15-23-55(62)59-39-51(27-32-64(59)76)67-46(5)36-43(2)37-47(67)6/h8-41H,1-6H3. The van der Waals surface area contributed by atoms with Crippen LogP contribution in [-0.4, -0.2) is 24.1 Å². The topological polar surface area (TPSA) is 52.9 Å². The third-order valence-electron chi connectivity index (χ3n) is 15.1. The van der Waals surface area contributed by atoms with Gasteiger partial charge in [-0.1, -0.05) is 151 Å². The van der Waals surface area contributed by atoms with Gasteiger partial charge < -0.3 is 9.13 Å². The normalized spacial score (nSPS) is 11.5. The first-order valence-corrected chi connectivity index (χ1v) is 25.9. The van der Waals surface area contributed by atoms with E-state index < -0.39 is 0 Å². The van der Waals surface area contributed by atoms with E-state index in [4.69, 9.17) is 21.5 Å².